The van der Waals surface area contributed by atoms with E-state index in [1.165, 1.54) is 18.6 Å². The Morgan fingerprint density at radius 2 is 1.89 bits per heavy atom. The van der Waals surface area contributed by atoms with Crippen LogP contribution >= 0.6 is 0 Å². The molecular formula is C14H20O5. The first-order valence-corrected chi connectivity index (χ1v) is 6.51. The molecule has 0 aliphatic heterocycles. The van der Waals surface area contributed by atoms with Gasteiger partial charge in [-0.1, -0.05) is 33.1 Å². The van der Waals surface area contributed by atoms with Crippen LogP contribution in [0.15, 0.2) is 16.5 Å². The zero-order chi connectivity index (χ0) is 14.3. The highest BCUT2D eigenvalue weighted by Crippen LogP contribution is 2.11. The minimum absolute atomic E-state index is 0.0698. The van der Waals surface area contributed by atoms with Crippen LogP contribution in [0.2, 0.25) is 0 Å². The van der Waals surface area contributed by atoms with Crippen LogP contribution < -0.4 is 0 Å². The van der Waals surface area contributed by atoms with E-state index in [0.29, 0.717) is 12.5 Å². The highest BCUT2D eigenvalue weighted by molar-refractivity contribution is 5.89. The lowest BCUT2D eigenvalue weighted by Gasteiger charge is -2.05. The summed E-state index contributed by atoms with van der Waals surface area (Å²) in [5.74, 6) is -1.45. The van der Waals surface area contributed by atoms with Gasteiger partial charge in [0.05, 0.1) is 6.61 Å². The van der Waals surface area contributed by atoms with Crippen molar-refractivity contribution in [3.8, 4) is 0 Å². The van der Waals surface area contributed by atoms with E-state index in [2.05, 4.69) is 13.8 Å². The molecule has 5 nitrogen and oxygen atoms in total. The molecule has 0 atom stereocenters. The lowest BCUT2D eigenvalue weighted by atomic mass is 10.1. The zero-order valence-corrected chi connectivity index (χ0v) is 11.3. The third-order valence-corrected chi connectivity index (χ3v) is 2.68. The van der Waals surface area contributed by atoms with Crippen molar-refractivity contribution < 1.29 is 23.8 Å². The predicted octanol–water partition coefficient (Wildman–Crippen LogP) is 3.35. The number of hydrogen-bond donors (Lipinski definition) is 1. The Hall–Kier alpha value is -1.78. The van der Waals surface area contributed by atoms with E-state index in [0.717, 1.165) is 19.3 Å². The molecule has 0 fully saturated rings. The van der Waals surface area contributed by atoms with E-state index in [1.807, 2.05) is 0 Å². The maximum absolute atomic E-state index is 11.5. The molecule has 0 aliphatic rings. The number of hydrogen-bond acceptors (Lipinski definition) is 4. The van der Waals surface area contributed by atoms with E-state index < -0.39 is 11.9 Å². The fraction of sp³-hybridized carbons (Fsp3) is 0.571. The van der Waals surface area contributed by atoms with E-state index in [-0.39, 0.29) is 11.5 Å². The van der Waals surface area contributed by atoms with E-state index in [4.69, 9.17) is 14.3 Å². The molecule has 0 aromatic carbocycles. The van der Waals surface area contributed by atoms with Crippen LogP contribution in [0.1, 0.15) is 60.6 Å². The second kappa shape index (κ2) is 7.61. The van der Waals surface area contributed by atoms with Gasteiger partial charge in [-0.25, -0.2) is 9.59 Å². The number of carbonyl (C=O) groups is 2. The van der Waals surface area contributed by atoms with Crippen molar-refractivity contribution in [2.45, 2.75) is 39.5 Å². The number of ether oxygens (including phenoxy) is 1. The third kappa shape index (κ3) is 5.59. The number of esters is 1. The Kier molecular flexibility index (Phi) is 6.12. The number of carboxylic acid groups (broad SMARTS) is 1. The highest BCUT2D eigenvalue weighted by Gasteiger charge is 2.15. The Labute approximate surface area is 112 Å². The molecule has 5 heteroatoms. The number of furan rings is 1. The largest absolute Gasteiger partial charge is 0.475 e. The van der Waals surface area contributed by atoms with Crippen LogP contribution in [0.4, 0.5) is 0 Å². The average Bonchev–Trinajstić information content (AvgIpc) is 2.82. The molecule has 106 valence electrons. The summed E-state index contributed by atoms with van der Waals surface area (Å²) in [5.41, 5.74) is 0. The first kappa shape index (κ1) is 15.3. The molecule has 0 saturated heterocycles. The van der Waals surface area contributed by atoms with Crippen molar-refractivity contribution in [3.63, 3.8) is 0 Å². The van der Waals surface area contributed by atoms with Crippen LogP contribution in [0.3, 0.4) is 0 Å². The molecule has 0 saturated carbocycles. The molecule has 19 heavy (non-hydrogen) atoms. The van der Waals surface area contributed by atoms with Gasteiger partial charge in [0.15, 0.2) is 0 Å². The van der Waals surface area contributed by atoms with E-state index in [1.54, 1.807) is 0 Å². The van der Waals surface area contributed by atoms with Crippen LogP contribution in [0.25, 0.3) is 0 Å². The number of unbranched alkanes of at least 4 members (excludes halogenated alkanes) is 2. The van der Waals surface area contributed by atoms with Gasteiger partial charge >= 0.3 is 11.9 Å². The second-order valence-corrected chi connectivity index (χ2v) is 4.85. The summed E-state index contributed by atoms with van der Waals surface area (Å²) < 4.78 is 9.85. The summed E-state index contributed by atoms with van der Waals surface area (Å²) in [4.78, 5) is 22.1. The molecular weight excluding hydrogens is 248 g/mol. The van der Waals surface area contributed by atoms with Crippen LogP contribution in [-0.2, 0) is 4.74 Å². The lowest BCUT2D eigenvalue weighted by Crippen LogP contribution is -2.05. The van der Waals surface area contributed by atoms with Crippen molar-refractivity contribution in [1.29, 1.82) is 0 Å². The fourth-order valence-corrected chi connectivity index (χ4v) is 1.63. The Morgan fingerprint density at radius 1 is 1.21 bits per heavy atom. The van der Waals surface area contributed by atoms with Crippen LogP contribution in [0, 0.1) is 5.92 Å². The molecule has 1 heterocycles. The molecule has 0 unspecified atom stereocenters. The Bertz CT molecular complexity index is 419. The van der Waals surface area contributed by atoms with Crippen molar-refractivity contribution in [3.05, 3.63) is 23.7 Å². The van der Waals surface area contributed by atoms with Gasteiger partial charge in [-0.05, 0) is 24.5 Å². The number of rotatable bonds is 8. The van der Waals surface area contributed by atoms with Crippen molar-refractivity contribution in [2.75, 3.05) is 6.61 Å². The van der Waals surface area contributed by atoms with E-state index in [9.17, 15) is 9.59 Å². The summed E-state index contributed by atoms with van der Waals surface area (Å²) in [6.45, 7) is 4.69. The van der Waals surface area contributed by atoms with E-state index >= 15 is 0 Å². The molecule has 0 amide bonds. The highest BCUT2D eigenvalue weighted by atomic mass is 16.5. The summed E-state index contributed by atoms with van der Waals surface area (Å²) >= 11 is 0. The smallest absolute Gasteiger partial charge is 0.374 e. The van der Waals surface area contributed by atoms with Gasteiger partial charge in [0.25, 0.3) is 0 Å². The monoisotopic (exact) mass is 268 g/mol. The molecule has 0 radical (unpaired) electrons. The van der Waals surface area contributed by atoms with Gasteiger partial charge in [-0.15, -0.1) is 0 Å². The van der Waals surface area contributed by atoms with Gasteiger partial charge in [0, 0.05) is 0 Å². The molecule has 0 aliphatic carbocycles. The first-order valence-electron chi connectivity index (χ1n) is 6.51. The quantitative estimate of drug-likeness (QED) is 0.578. The lowest BCUT2D eigenvalue weighted by molar-refractivity contribution is 0.0456. The minimum atomic E-state index is -1.20. The number of carbonyl (C=O) groups excluding carboxylic acids is 1. The fourth-order valence-electron chi connectivity index (χ4n) is 1.63. The summed E-state index contributed by atoms with van der Waals surface area (Å²) in [7, 11) is 0. The van der Waals surface area contributed by atoms with Crippen molar-refractivity contribution in [1.82, 2.24) is 0 Å². The van der Waals surface area contributed by atoms with Crippen LogP contribution in [0.5, 0.6) is 0 Å². The molecule has 0 bridgehead atoms. The SMILES string of the molecule is CC(C)CCCCCOC(=O)c1ccc(C(=O)O)o1. The average molecular weight is 268 g/mol. The minimum Gasteiger partial charge on any atom is -0.475 e. The van der Waals surface area contributed by atoms with Crippen LogP contribution in [-0.4, -0.2) is 23.7 Å². The number of aromatic carboxylic acids is 1. The summed E-state index contributed by atoms with van der Waals surface area (Å²) in [6, 6.07) is 2.55. The Balaban J connectivity index is 2.22. The van der Waals surface area contributed by atoms with Gasteiger partial charge in [-0.2, -0.15) is 0 Å². The molecule has 1 aromatic rings. The zero-order valence-electron chi connectivity index (χ0n) is 11.3. The van der Waals surface area contributed by atoms with Gasteiger partial charge < -0.3 is 14.3 Å². The Morgan fingerprint density at radius 3 is 2.47 bits per heavy atom. The topological polar surface area (TPSA) is 76.7 Å². The predicted molar refractivity (Wildman–Crippen MR) is 69.3 cm³/mol. The number of carboxylic acids is 1. The normalized spacial score (nSPS) is 10.7. The molecule has 1 N–H and O–H groups in total. The summed E-state index contributed by atoms with van der Waals surface area (Å²) in [6.07, 6.45) is 4.13. The molecule has 1 aromatic heterocycles. The van der Waals surface area contributed by atoms with Crippen molar-refractivity contribution in [2.24, 2.45) is 5.92 Å². The maximum atomic E-state index is 11.5. The van der Waals surface area contributed by atoms with Gasteiger partial charge in [0.1, 0.15) is 0 Å². The molecule has 1 rings (SSSR count). The first-order chi connectivity index (χ1) is 9.00. The van der Waals surface area contributed by atoms with Crippen molar-refractivity contribution >= 4 is 11.9 Å². The van der Waals surface area contributed by atoms with Gasteiger partial charge in [-0.3, -0.25) is 0 Å². The second-order valence-electron chi connectivity index (χ2n) is 4.85. The molecule has 0 spiro atoms. The third-order valence-electron chi connectivity index (χ3n) is 2.68. The van der Waals surface area contributed by atoms with Gasteiger partial charge in [0.2, 0.25) is 11.5 Å². The summed E-state index contributed by atoms with van der Waals surface area (Å²) in [5, 5.41) is 8.65. The standard InChI is InChI=1S/C14H20O5/c1-10(2)6-4-3-5-9-18-14(17)12-8-7-11(19-12)13(15)16/h7-8,10H,3-6,9H2,1-2H3,(H,15,16). The maximum Gasteiger partial charge on any atom is 0.374 e.